The molecule has 0 saturated carbocycles. The van der Waals surface area contributed by atoms with Crippen molar-refractivity contribution in [3.05, 3.63) is 63.8 Å². The van der Waals surface area contributed by atoms with Gasteiger partial charge < -0.3 is 15.0 Å². The maximum absolute atomic E-state index is 12.1. The zero-order chi connectivity index (χ0) is 23.0. The number of ether oxygens (including phenoxy) is 1. The molecule has 9 heteroatoms. The summed E-state index contributed by atoms with van der Waals surface area (Å²) in [6.45, 7) is 2.71. The second kappa shape index (κ2) is 8.40. The summed E-state index contributed by atoms with van der Waals surface area (Å²) in [5.41, 5.74) is 5.23. The Morgan fingerprint density at radius 1 is 1.31 bits per heavy atom. The van der Waals surface area contributed by atoms with E-state index in [1.807, 2.05) is 35.2 Å². The van der Waals surface area contributed by atoms with Gasteiger partial charge in [0.15, 0.2) is 0 Å². The lowest BCUT2D eigenvalue weighted by atomic mass is 9.58. The minimum absolute atomic E-state index is 0.0358. The molecule has 0 spiro atoms. The number of pyridine rings is 1. The van der Waals surface area contributed by atoms with Crippen molar-refractivity contribution < 1.29 is 9.53 Å². The van der Waals surface area contributed by atoms with E-state index in [4.69, 9.17) is 21.3 Å². The van der Waals surface area contributed by atoms with Crippen LogP contribution in [0.4, 0.5) is 5.69 Å². The number of aromatic nitrogens is 1. The molecule has 6 nitrogen and oxygen atoms in total. The zero-order valence-electron chi connectivity index (χ0n) is 18.6. The van der Waals surface area contributed by atoms with Gasteiger partial charge in [-0.15, -0.1) is 0 Å². The Kier molecular flexibility index (Phi) is 5.79. The Hall–Kier alpha value is -3.17. The van der Waals surface area contributed by atoms with E-state index in [1.165, 1.54) is 0 Å². The van der Waals surface area contributed by atoms with E-state index in [0.29, 0.717) is 35.8 Å². The van der Waals surface area contributed by atoms with Crippen LogP contribution in [0.3, 0.4) is 0 Å². The molecule has 160 valence electrons. The Morgan fingerprint density at radius 2 is 2.09 bits per heavy atom. The number of carbonyl (C=O) groups is 1. The highest BCUT2D eigenvalue weighted by Crippen LogP contribution is 2.36. The summed E-state index contributed by atoms with van der Waals surface area (Å²) in [7, 11) is 5.74. The van der Waals surface area contributed by atoms with Crippen LogP contribution < -0.4 is 10.1 Å². The van der Waals surface area contributed by atoms with Gasteiger partial charge in [0.2, 0.25) is 5.91 Å². The molecular formula is C23H23B2ClN4O2. The molecule has 0 bridgehead atoms. The second-order valence-corrected chi connectivity index (χ2v) is 8.95. The van der Waals surface area contributed by atoms with Gasteiger partial charge in [0.25, 0.3) is 0 Å². The van der Waals surface area contributed by atoms with Crippen molar-refractivity contribution in [3.63, 3.8) is 0 Å². The lowest BCUT2D eigenvalue weighted by Crippen LogP contribution is -2.39. The molecular weight excluding hydrogens is 421 g/mol. The fraction of sp³-hybridized carbons (Fsp3) is 0.261. The molecule has 0 unspecified atom stereocenters. The van der Waals surface area contributed by atoms with Crippen LogP contribution in [0.1, 0.15) is 29.3 Å². The number of benzene rings is 2. The van der Waals surface area contributed by atoms with Crippen molar-refractivity contribution in [3.8, 4) is 11.8 Å². The first-order valence-corrected chi connectivity index (χ1v) is 10.8. The fourth-order valence-electron chi connectivity index (χ4n) is 4.16. The van der Waals surface area contributed by atoms with E-state index in [0.717, 1.165) is 33.4 Å². The minimum atomic E-state index is -0.501. The molecule has 2 heterocycles. The summed E-state index contributed by atoms with van der Waals surface area (Å²) >= 11 is 6.40. The van der Waals surface area contributed by atoms with Gasteiger partial charge in [-0.1, -0.05) is 17.7 Å². The van der Waals surface area contributed by atoms with E-state index in [-0.39, 0.29) is 5.91 Å². The Bertz CT molecular complexity index is 1270. The maximum Gasteiger partial charge on any atom is 0.219 e. The number of anilines is 1. The molecule has 1 N–H and O–H groups in total. The van der Waals surface area contributed by atoms with E-state index in [2.05, 4.69) is 27.1 Å². The predicted molar refractivity (Wildman–Crippen MR) is 132 cm³/mol. The second-order valence-electron chi connectivity index (χ2n) is 8.55. The molecule has 2 aromatic carbocycles. The summed E-state index contributed by atoms with van der Waals surface area (Å²) in [6.07, 6.45) is 0.689. The molecule has 32 heavy (non-hydrogen) atoms. The Labute approximate surface area is 194 Å². The number of nitrogens with one attached hydrogen (secondary N) is 1. The largest absolute Gasteiger partial charge is 0.495 e. The van der Waals surface area contributed by atoms with Crippen molar-refractivity contribution in [1.29, 1.82) is 5.26 Å². The topological polar surface area (TPSA) is 78.3 Å². The quantitative estimate of drug-likeness (QED) is 0.624. The summed E-state index contributed by atoms with van der Waals surface area (Å²) in [6, 6.07) is 13.5. The number of methoxy groups -OCH3 is 1. The van der Waals surface area contributed by atoms with Crippen molar-refractivity contribution in [2.24, 2.45) is 0 Å². The summed E-state index contributed by atoms with van der Waals surface area (Å²) in [4.78, 5) is 18.8. The number of rotatable bonds is 4. The molecule has 0 radical (unpaired) electrons. The van der Waals surface area contributed by atoms with Gasteiger partial charge in [-0.3, -0.25) is 9.78 Å². The van der Waals surface area contributed by atoms with Crippen molar-refractivity contribution in [1.82, 2.24) is 9.88 Å². The van der Waals surface area contributed by atoms with Crippen LogP contribution >= 0.6 is 11.6 Å². The molecule has 1 aromatic heterocycles. The van der Waals surface area contributed by atoms with Crippen LogP contribution in [0, 0.1) is 11.3 Å². The van der Waals surface area contributed by atoms with E-state index >= 15 is 0 Å². The average Bonchev–Trinajstić information content (AvgIpc) is 2.78. The van der Waals surface area contributed by atoms with Crippen LogP contribution in [0.2, 0.25) is 5.02 Å². The third-order valence-electron chi connectivity index (χ3n) is 6.02. The van der Waals surface area contributed by atoms with Gasteiger partial charge in [-0.2, -0.15) is 5.26 Å². The maximum atomic E-state index is 12.1. The van der Waals surface area contributed by atoms with Gasteiger partial charge in [-0.25, -0.2) is 0 Å². The Morgan fingerprint density at radius 3 is 2.75 bits per heavy atom. The molecule has 0 saturated heterocycles. The predicted octanol–water partition coefficient (Wildman–Crippen LogP) is 2.16. The van der Waals surface area contributed by atoms with Gasteiger partial charge in [-0.05, 0) is 41.2 Å². The number of halogens is 1. The lowest BCUT2D eigenvalue weighted by molar-refractivity contribution is -0.129. The molecule has 1 aliphatic heterocycles. The first kappa shape index (κ1) is 22.0. The number of amides is 1. The van der Waals surface area contributed by atoms with Crippen LogP contribution in [-0.4, -0.2) is 45.1 Å². The van der Waals surface area contributed by atoms with Gasteiger partial charge in [0.05, 0.1) is 29.3 Å². The number of nitrogens with zero attached hydrogens (tertiary/aromatic N) is 3. The number of hydrogen-bond donors (Lipinski definition) is 1. The summed E-state index contributed by atoms with van der Waals surface area (Å²) in [5, 5.41) is 14.1. The first-order chi connectivity index (χ1) is 15.2. The average molecular weight is 445 g/mol. The monoisotopic (exact) mass is 444 g/mol. The normalized spacial score (nSPS) is 13.4. The highest BCUT2D eigenvalue weighted by Gasteiger charge is 2.28. The molecule has 1 aliphatic rings. The third kappa shape index (κ3) is 4.01. The number of carbonyl (C=O) groups excluding carboxylic acids is 1. The molecule has 0 fully saturated rings. The van der Waals surface area contributed by atoms with Crippen molar-refractivity contribution in [2.75, 3.05) is 19.0 Å². The third-order valence-corrected chi connectivity index (χ3v) is 6.32. The summed E-state index contributed by atoms with van der Waals surface area (Å²) < 4.78 is 5.29. The SMILES string of the molecule is BC(B)(Nc1c2c(nc3ccc(C#N)cc13)CCN(C(C)=O)C2)c1ccc(OC)c(Cl)c1. The summed E-state index contributed by atoms with van der Waals surface area (Å²) in [5.74, 6) is 0.655. The number of hydrogen-bond acceptors (Lipinski definition) is 5. The van der Waals surface area contributed by atoms with Gasteiger partial charge in [0.1, 0.15) is 21.4 Å². The fourth-order valence-corrected chi connectivity index (χ4v) is 4.42. The molecule has 0 aliphatic carbocycles. The highest BCUT2D eigenvalue weighted by molar-refractivity contribution is 6.42. The molecule has 0 atom stereocenters. The van der Waals surface area contributed by atoms with Gasteiger partial charge >= 0.3 is 0 Å². The molecule has 4 rings (SSSR count). The standard InChI is InChI=1S/C23H23B2ClN4O2/c1-13(31)30-8-7-20-17(12-30)22(16-9-14(11-27)3-5-19(16)28-20)29-23(24,25)15-4-6-21(32-2)18(26)10-15/h3-6,9-10H,7-8,12,24-25H2,1-2H3,(H,28,29). The minimum Gasteiger partial charge on any atom is -0.495 e. The van der Waals surface area contributed by atoms with Crippen LogP contribution in [0.25, 0.3) is 10.9 Å². The molecule has 3 aromatic rings. The molecule has 1 amide bonds. The van der Waals surface area contributed by atoms with E-state index in [9.17, 15) is 10.1 Å². The van der Waals surface area contributed by atoms with Crippen molar-refractivity contribution in [2.45, 2.75) is 25.2 Å². The van der Waals surface area contributed by atoms with Crippen LogP contribution in [0.5, 0.6) is 5.75 Å². The lowest BCUT2D eigenvalue weighted by Gasteiger charge is -2.34. The van der Waals surface area contributed by atoms with Crippen molar-refractivity contribution >= 4 is 49.8 Å². The first-order valence-electron chi connectivity index (χ1n) is 10.5. The smallest absolute Gasteiger partial charge is 0.219 e. The highest BCUT2D eigenvalue weighted by atomic mass is 35.5. The number of nitriles is 1. The number of fused-ring (bicyclic) bond motifs is 2. The Balaban J connectivity index is 1.87. The van der Waals surface area contributed by atoms with Gasteiger partial charge in [0, 0.05) is 48.8 Å². The van der Waals surface area contributed by atoms with E-state index in [1.54, 1.807) is 20.1 Å². The van der Waals surface area contributed by atoms with Crippen LogP contribution in [-0.2, 0) is 23.1 Å². The van der Waals surface area contributed by atoms with Crippen LogP contribution in [0.15, 0.2) is 36.4 Å². The zero-order valence-corrected chi connectivity index (χ0v) is 19.4. The van der Waals surface area contributed by atoms with E-state index < -0.39 is 5.34 Å².